The van der Waals surface area contributed by atoms with Gasteiger partial charge in [0.25, 0.3) is 0 Å². The smallest absolute Gasteiger partial charge is 0.115 e. The summed E-state index contributed by atoms with van der Waals surface area (Å²) < 4.78 is 1.91. The molecule has 2 aromatic heterocycles. The lowest BCUT2D eigenvalue weighted by atomic mass is 10.1. The Bertz CT molecular complexity index is 527. The molecule has 0 aliphatic carbocycles. The Morgan fingerprint density at radius 2 is 2.06 bits per heavy atom. The van der Waals surface area contributed by atoms with E-state index in [9.17, 15) is 0 Å². The number of hydrogen-bond acceptors (Lipinski definition) is 4. The number of rotatable bonds is 4. The average Bonchev–Trinajstić information content (AvgIpc) is 2.85. The quantitative estimate of drug-likeness (QED) is 0.923. The van der Waals surface area contributed by atoms with Crippen LogP contribution in [-0.2, 0) is 7.05 Å². The second-order valence-electron chi connectivity index (χ2n) is 4.89. The molecule has 0 aliphatic rings. The molecule has 0 saturated heterocycles. The van der Waals surface area contributed by atoms with Crippen LogP contribution in [0.1, 0.15) is 41.8 Å². The first kappa shape index (κ1) is 13.2. The monoisotopic (exact) mass is 264 g/mol. The van der Waals surface area contributed by atoms with Crippen LogP contribution >= 0.6 is 11.3 Å². The maximum atomic E-state index is 4.61. The number of aromatic nitrogens is 3. The summed E-state index contributed by atoms with van der Waals surface area (Å²) >= 11 is 1.70. The van der Waals surface area contributed by atoms with E-state index in [0.717, 1.165) is 10.7 Å². The number of nitrogens with zero attached hydrogens (tertiary/aromatic N) is 3. The summed E-state index contributed by atoms with van der Waals surface area (Å²) in [6.07, 6.45) is 1.94. The number of aryl methyl sites for hydroxylation is 2. The fourth-order valence-electron chi connectivity index (χ4n) is 1.93. The van der Waals surface area contributed by atoms with E-state index < -0.39 is 0 Å². The summed E-state index contributed by atoms with van der Waals surface area (Å²) in [4.78, 5) is 4.61. The van der Waals surface area contributed by atoms with Crippen molar-refractivity contribution in [1.82, 2.24) is 20.1 Å². The van der Waals surface area contributed by atoms with Gasteiger partial charge in [-0.15, -0.1) is 11.3 Å². The highest BCUT2D eigenvalue weighted by atomic mass is 32.1. The molecule has 0 radical (unpaired) electrons. The van der Waals surface area contributed by atoms with Crippen molar-refractivity contribution in [2.45, 2.75) is 39.8 Å². The molecule has 1 atom stereocenters. The normalized spacial score (nSPS) is 13.2. The van der Waals surface area contributed by atoms with E-state index in [1.807, 2.05) is 24.9 Å². The summed E-state index contributed by atoms with van der Waals surface area (Å²) in [6.45, 7) is 8.43. The maximum Gasteiger partial charge on any atom is 0.115 e. The Kier molecular flexibility index (Phi) is 3.82. The molecule has 18 heavy (non-hydrogen) atoms. The lowest BCUT2D eigenvalue weighted by Crippen LogP contribution is -2.29. The third-order valence-corrected chi connectivity index (χ3v) is 4.00. The van der Waals surface area contributed by atoms with E-state index in [4.69, 9.17) is 0 Å². The van der Waals surface area contributed by atoms with E-state index in [-0.39, 0.29) is 6.04 Å². The minimum absolute atomic E-state index is 0.136. The average molecular weight is 264 g/mol. The van der Waals surface area contributed by atoms with Crippen LogP contribution in [0.25, 0.3) is 0 Å². The van der Waals surface area contributed by atoms with Gasteiger partial charge in [0.05, 0.1) is 12.2 Å². The molecule has 0 amide bonds. The Morgan fingerprint density at radius 1 is 1.33 bits per heavy atom. The first-order valence-corrected chi connectivity index (χ1v) is 7.03. The van der Waals surface area contributed by atoms with E-state index in [1.54, 1.807) is 11.3 Å². The van der Waals surface area contributed by atoms with E-state index in [0.29, 0.717) is 6.04 Å². The lowest BCUT2D eigenvalue weighted by Gasteiger charge is -2.19. The van der Waals surface area contributed by atoms with Crippen LogP contribution in [0.3, 0.4) is 0 Å². The highest BCUT2D eigenvalue weighted by Gasteiger charge is 2.22. The highest BCUT2D eigenvalue weighted by Crippen LogP contribution is 2.27. The van der Waals surface area contributed by atoms with Crippen LogP contribution in [-0.4, -0.2) is 20.8 Å². The van der Waals surface area contributed by atoms with Crippen molar-refractivity contribution >= 4 is 11.3 Å². The zero-order chi connectivity index (χ0) is 13.3. The first-order valence-electron chi connectivity index (χ1n) is 6.15. The van der Waals surface area contributed by atoms with Gasteiger partial charge in [0.15, 0.2) is 0 Å². The second-order valence-corrected chi connectivity index (χ2v) is 5.78. The van der Waals surface area contributed by atoms with Gasteiger partial charge in [-0.1, -0.05) is 0 Å². The molecule has 1 N–H and O–H groups in total. The second kappa shape index (κ2) is 5.20. The molecule has 2 heterocycles. The van der Waals surface area contributed by atoms with E-state index >= 15 is 0 Å². The molecule has 4 nitrogen and oxygen atoms in total. The third-order valence-electron chi connectivity index (χ3n) is 2.97. The molecular weight excluding hydrogens is 244 g/mol. The molecule has 1 unspecified atom stereocenters. The Morgan fingerprint density at radius 3 is 2.50 bits per heavy atom. The Hall–Kier alpha value is -1.20. The molecule has 0 saturated carbocycles. The van der Waals surface area contributed by atoms with Crippen molar-refractivity contribution < 1.29 is 0 Å². The van der Waals surface area contributed by atoms with Crippen molar-refractivity contribution in [3.8, 4) is 0 Å². The van der Waals surface area contributed by atoms with Gasteiger partial charge in [0.2, 0.25) is 0 Å². The summed E-state index contributed by atoms with van der Waals surface area (Å²) in [6, 6.07) is 0.538. The maximum absolute atomic E-state index is 4.61. The van der Waals surface area contributed by atoms with E-state index in [1.165, 1.54) is 11.3 Å². The molecule has 5 heteroatoms. The van der Waals surface area contributed by atoms with Gasteiger partial charge in [-0.2, -0.15) is 5.10 Å². The van der Waals surface area contributed by atoms with Crippen LogP contribution < -0.4 is 5.32 Å². The van der Waals surface area contributed by atoms with Crippen LogP contribution in [0.15, 0.2) is 11.6 Å². The topological polar surface area (TPSA) is 42.7 Å². The van der Waals surface area contributed by atoms with Gasteiger partial charge in [-0.25, -0.2) is 4.98 Å². The van der Waals surface area contributed by atoms with Crippen molar-refractivity contribution in [3.05, 3.63) is 33.5 Å². The van der Waals surface area contributed by atoms with Crippen LogP contribution in [0.5, 0.6) is 0 Å². The molecule has 98 valence electrons. The van der Waals surface area contributed by atoms with Gasteiger partial charge in [-0.3, -0.25) is 4.68 Å². The van der Waals surface area contributed by atoms with Gasteiger partial charge in [0, 0.05) is 35.4 Å². The van der Waals surface area contributed by atoms with E-state index in [2.05, 4.69) is 41.6 Å². The van der Waals surface area contributed by atoms with Crippen molar-refractivity contribution in [2.75, 3.05) is 0 Å². The summed E-state index contributed by atoms with van der Waals surface area (Å²) in [7, 11) is 1.97. The third kappa shape index (κ3) is 2.62. The SMILES string of the molecule is Cc1csc(C(NC(C)C)c2cnn(C)c2C)n1. The molecular formula is C13H20N4S. The largest absolute Gasteiger partial charge is 0.302 e. The Balaban J connectivity index is 2.39. The van der Waals surface area contributed by atoms with Crippen LogP contribution in [0.2, 0.25) is 0 Å². The zero-order valence-corrected chi connectivity index (χ0v) is 12.4. The standard InChI is InChI=1S/C13H20N4S/c1-8(2)15-12(13-16-9(3)7-18-13)11-6-14-17(5)10(11)4/h6-8,12,15H,1-5H3. The predicted octanol–water partition coefficient (Wildman–Crippen LogP) is 2.58. The predicted molar refractivity (Wildman–Crippen MR) is 74.9 cm³/mol. The summed E-state index contributed by atoms with van der Waals surface area (Å²) in [5.41, 5.74) is 3.47. The van der Waals surface area contributed by atoms with Gasteiger partial charge >= 0.3 is 0 Å². The van der Waals surface area contributed by atoms with Gasteiger partial charge in [-0.05, 0) is 27.7 Å². The summed E-state index contributed by atoms with van der Waals surface area (Å²) in [5.74, 6) is 0. The molecule has 0 spiro atoms. The van der Waals surface area contributed by atoms with Crippen LogP contribution in [0.4, 0.5) is 0 Å². The molecule has 0 aliphatic heterocycles. The fourth-order valence-corrected chi connectivity index (χ4v) is 2.80. The summed E-state index contributed by atoms with van der Waals surface area (Å²) in [5, 5.41) is 11.1. The highest BCUT2D eigenvalue weighted by molar-refractivity contribution is 7.09. The van der Waals surface area contributed by atoms with Crippen LogP contribution in [0, 0.1) is 13.8 Å². The minimum atomic E-state index is 0.136. The van der Waals surface area contributed by atoms with Gasteiger partial charge < -0.3 is 5.32 Å². The van der Waals surface area contributed by atoms with Crippen molar-refractivity contribution in [1.29, 1.82) is 0 Å². The molecule has 2 aromatic rings. The van der Waals surface area contributed by atoms with Crippen molar-refractivity contribution in [2.24, 2.45) is 7.05 Å². The van der Waals surface area contributed by atoms with Crippen molar-refractivity contribution in [3.63, 3.8) is 0 Å². The molecule has 0 fully saturated rings. The number of hydrogen-bond donors (Lipinski definition) is 1. The lowest BCUT2D eigenvalue weighted by molar-refractivity contribution is 0.524. The molecule has 0 aromatic carbocycles. The number of nitrogens with one attached hydrogen (secondary N) is 1. The minimum Gasteiger partial charge on any atom is -0.302 e. The van der Waals surface area contributed by atoms with Gasteiger partial charge in [0.1, 0.15) is 5.01 Å². The first-order chi connectivity index (χ1) is 8.49. The Labute approximate surface area is 112 Å². The number of thiazole rings is 1. The zero-order valence-electron chi connectivity index (χ0n) is 11.6. The molecule has 0 bridgehead atoms. The fraction of sp³-hybridized carbons (Fsp3) is 0.538. The molecule has 2 rings (SSSR count).